The van der Waals surface area contributed by atoms with Crippen LogP contribution in [0.25, 0.3) is 16.6 Å². The Morgan fingerprint density at radius 2 is 1.86 bits per heavy atom. The van der Waals surface area contributed by atoms with Crippen LogP contribution in [0.5, 0.6) is 0 Å². The van der Waals surface area contributed by atoms with E-state index in [2.05, 4.69) is 42.1 Å². The molecule has 0 spiro atoms. The van der Waals surface area contributed by atoms with Crippen molar-refractivity contribution in [3.8, 4) is 17.5 Å². The van der Waals surface area contributed by atoms with E-state index >= 15 is 0 Å². The lowest BCUT2D eigenvalue weighted by atomic mass is 10.2. The number of nitrogens with zero attached hydrogens (tertiary/aromatic N) is 6. The normalized spacial score (nSPS) is 11.5. The Morgan fingerprint density at radius 1 is 1.03 bits per heavy atom. The maximum absolute atomic E-state index is 14.6. The maximum Gasteiger partial charge on any atom is 0.269 e. The van der Waals surface area contributed by atoms with Crippen molar-refractivity contribution in [2.24, 2.45) is 0 Å². The number of aromatic nitrogens is 6. The van der Waals surface area contributed by atoms with Crippen molar-refractivity contribution in [3.05, 3.63) is 107 Å². The number of nitrogen functional groups attached to an aromatic ring is 1. The fraction of sp³-hybridized carbons (Fsp3) is 0.0769. The molecular weight excluding hydrogens is 459 g/mol. The molecule has 3 N–H and O–H groups in total. The highest BCUT2D eigenvalue weighted by molar-refractivity contribution is 5.78. The Kier molecular flexibility index (Phi) is 6.03. The van der Waals surface area contributed by atoms with Crippen molar-refractivity contribution in [3.63, 3.8) is 0 Å². The molecule has 0 bridgehead atoms. The summed E-state index contributed by atoms with van der Waals surface area (Å²) in [6.45, 7) is 1.81. The van der Waals surface area contributed by atoms with Crippen molar-refractivity contribution in [2.75, 3.05) is 11.1 Å². The number of nitrogens with one attached hydrogen (secondary N) is 1. The minimum atomic E-state index is -0.632. The minimum Gasteiger partial charge on any atom is -0.382 e. The number of nitrogens with two attached hydrogens (primary N) is 1. The van der Waals surface area contributed by atoms with Crippen molar-refractivity contribution in [1.82, 2.24) is 29.5 Å². The summed E-state index contributed by atoms with van der Waals surface area (Å²) in [5.41, 5.74) is 7.19. The van der Waals surface area contributed by atoms with E-state index in [0.29, 0.717) is 28.6 Å². The van der Waals surface area contributed by atoms with E-state index in [9.17, 15) is 9.18 Å². The monoisotopic (exact) mass is 478 g/mol. The number of hydrogen-bond donors (Lipinski definition) is 2. The van der Waals surface area contributed by atoms with Gasteiger partial charge in [0.1, 0.15) is 46.2 Å². The molecule has 2 aromatic carbocycles. The van der Waals surface area contributed by atoms with Gasteiger partial charge in [-0.25, -0.2) is 24.3 Å². The van der Waals surface area contributed by atoms with E-state index in [0.717, 1.165) is 0 Å². The van der Waals surface area contributed by atoms with Gasteiger partial charge in [0.05, 0.1) is 23.4 Å². The van der Waals surface area contributed by atoms with Crippen molar-refractivity contribution in [2.45, 2.75) is 13.0 Å². The molecule has 0 radical (unpaired) electrons. The summed E-state index contributed by atoms with van der Waals surface area (Å²) in [6.07, 6.45) is 5.92. The summed E-state index contributed by atoms with van der Waals surface area (Å²) in [7, 11) is 0. The van der Waals surface area contributed by atoms with Crippen LogP contribution in [0.3, 0.4) is 0 Å². The van der Waals surface area contributed by atoms with Crippen molar-refractivity contribution in [1.29, 1.82) is 0 Å². The van der Waals surface area contributed by atoms with E-state index in [4.69, 9.17) is 5.73 Å². The second-order valence-corrected chi connectivity index (χ2v) is 7.77. The lowest BCUT2D eigenvalue weighted by molar-refractivity contribution is 0.635. The van der Waals surface area contributed by atoms with Crippen molar-refractivity contribution < 1.29 is 4.39 Å². The van der Waals surface area contributed by atoms with E-state index in [1.54, 1.807) is 36.5 Å². The Balaban J connectivity index is 1.62. The molecule has 3 aromatic heterocycles. The van der Waals surface area contributed by atoms with Gasteiger partial charge < -0.3 is 11.1 Å². The second kappa shape index (κ2) is 9.60. The number of rotatable bonds is 4. The fourth-order valence-electron chi connectivity index (χ4n) is 3.72. The third kappa shape index (κ3) is 4.33. The smallest absolute Gasteiger partial charge is 0.269 e. The molecule has 0 aliphatic carbocycles. The third-order valence-electron chi connectivity index (χ3n) is 5.38. The predicted octanol–water partition coefficient (Wildman–Crippen LogP) is 3.26. The topological polar surface area (TPSA) is 124 Å². The maximum atomic E-state index is 14.6. The van der Waals surface area contributed by atoms with Crippen LogP contribution in [0.4, 0.5) is 16.0 Å². The van der Waals surface area contributed by atoms with E-state index in [1.165, 1.54) is 35.4 Å². The Labute approximate surface area is 204 Å². The van der Waals surface area contributed by atoms with Gasteiger partial charge in [0.2, 0.25) is 0 Å². The Morgan fingerprint density at radius 3 is 2.64 bits per heavy atom. The number of benzene rings is 2. The molecule has 176 valence electrons. The molecule has 5 aromatic rings. The summed E-state index contributed by atoms with van der Waals surface area (Å²) in [5, 5.41) is 3.15. The molecule has 0 saturated heterocycles. The van der Waals surface area contributed by atoms with Crippen LogP contribution < -0.4 is 16.6 Å². The first-order valence-electron chi connectivity index (χ1n) is 10.9. The number of para-hydroxylation sites is 1. The highest BCUT2D eigenvalue weighted by Crippen LogP contribution is 2.24. The number of fused-ring (bicyclic) bond motifs is 1. The van der Waals surface area contributed by atoms with E-state index < -0.39 is 17.4 Å². The van der Waals surface area contributed by atoms with Gasteiger partial charge in [-0.2, -0.15) is 0 Å². The number of halogens is 1. The fourth-order valence-corrected chi connectivity index (χ4v) is 3.72. The van der Waals surface area contributed by atoms with Gasteiger partial charge in [0.15, 0.2) is 0 Å². The van der Waals surface area contributed by atoms with Crippen LogP contribution in [0.2, 0.25) is 0 Å². The van der Waals surface area contributed by atoms with Crippen LogP contribution >= 0.6 is 0 Å². The molecule has 10 heteroatoms. The molecule has 0 fully saturated rings. The first-order chi connectivity index (χ1) is 17.5. The van der Waals surface area contributed by atoms with Gasteiger partial charge in [-0.1, -0.05) is 30.2 Å². The lowest BCUT2D eigenvalue weighted by Gasteiger charge is -2.20. The summed E-state index contributed by atoms with van der Waals surface area (Å²) in [4.78, 5) is 34.6. The minimum absolute atomic E-state index is 0.0842. The molecule has 0 saturated carbocycles. The van der Waals surface area contributed by atoms with Gasteiger partial charge in [0.25, 0.3) is 5.56 Å². The molecule has 9 nitrogen and oxygen atoms in total. The third-order valence-corrected chi connectivity index (χ3v) is 5.38. The van der Waals surface area contributed by atoms with Crippen molar-refractivity contribution >= 4 is 22.5 Å². The Bertz CT molecular complexity index is 1680. The van der Waals surface area contributed by atoms with Gasteiger partial charge >= 0.3 is 0 Å². The molecule has 1 atom stereocenters. The van der Waals surface area contributed by atoms with Crippen LogP contribution in [0, 0.1) is 17.7 Å². The van der Waals surface area contributed by atoms with Crippen LogP contribution in [-0.4, -0.2) is 29.5 Å². The summed E-state index contributed by atoms with van der Waals surface area (Å²) in [6, 6.07) is 12.7. The zero-order chi connectivity index (χ0) is 25.1. The highest BCUT2D eigenvalue weighted by atomic mass is 19.1. The summed E-state index contributed by atoms with van der Waals surface area (Å²) < 4.78 is 16.0. The standard InChI is InChI=1S/C26H19FN8O/c1-16(33-24-19(23(28)31-15-32-24)11-10-17-14-29-12-13-30-17)25-34-21-9-5-8-20(27)22(21)26(36)35(25)18-6-3-2-4-7-18/h2-9,12-16H,1H3,(H3,28,31,32,33)/t16-/m0/s1. The number of anilines is 2. The first-order valence-corrected chi connectivity index (χ1v) is 10.9. The van der Waals surface area contributed by atoms with E-state index in [-0.39, 0.29) is 16.7 Å². The summed E-state index contributed by atoms with van der Waals surface area (Å²) >= 11 is 0. The lowest BCUT2D eigenvalue weighted by Crippen LogP contribution is -2.28. The van der Waals surface area contributed by atoms with Crippen LogP contribution in [0.15, 0.2) is 78.2 Å². The predicted molar refractivity (Wildman–Crippen MR) is 134 cm³/mol. The zero-order valence-electron chi connectivity index (χ0n) is 19.1. The molecule has 0 amide bonds. The van der Waals surface area contributed by atoms with Gasteiger partial charge in [-0.3, -0.25) is 14.3 Å². The average Bonchev–Trinajstić information content (AvgIpc) is 2.89. The first kappa shape index (κ1) is 22.6. The second-order valence-electron chi connectivity index (χ2n) is 7.77. The van der Waals surface area contributed by atoms with Crippen LogP contribution in [-0.2, 0) is 0 Å². The SMILES string of the molecule is C[C@H](Nc1ncnc(N)c1C#Cc1cnccn1)c1nc2cccc(F)c2c(=O)n1-c1ccccc1. The Hall–Kier alpha value is -5.17. The average molecular weight is 478 g/mol. The number of hydrogen-bond acceptors (Lipinski definition) is 8. The molecule has 3 heterocycles. The molecular formula is C26H19FN8O. The molecule has 0 aliphatic heterocycles. The van der Waals surface area contributed by atoms with Gasteiger partial charge in [0, 0.05) is 12.4 Å². The van der Waals surface area contributed by atoms with E-state index in [1.807, 2.05) is 13.0 Å². The highest BCUT2D eigenvalue weighted by Gasteiger charge is 2.21. The zero-order valence-corrected chi connectivity index (χ0v) is 19.1. The summed E-state index contributed by atoms with van der Waals surface area (Å²) in [5.74, 6) is 6.08. The molecule has 5 rings (SSSR count). The molecule has 36 heavy (non-hydrogen) atoms. The van der Waals surface area contributed by atoms with Gasteiger partial charge in [-0.15, -0.1) is 0 Å². The largest absolute Gasteiger partial charge is 0.382 e. The quantitative estimate of drug-likeness (QED) is 0.377. The molecule has 0 unspecified atom stereocenters. The van der Waals surface area contributed by atoms with Crippen LogP contribution in [0.1, 0.15) is 30.0 Å². The van der Waals surface area contributed by atoms with Gasteiger partial charge in [-0.05, 0) is 37.1 Å². The molecule has 0 aliphatic rings.